The van der Waals surface area contributed by atoms with E-state index in [0.717, 1.165) is 4.57 Å². The molecule has 0 aromatic carbocycles. The molecule has 0 radical (unpaired) electrons. The number of nitrogens with zero attached hydrogens (tertiary/aromatic N) is 2. The Labute approximate surface area is 103 Å². The van der Waals surface area contributed by atoms with Gasteiger partial charge in [0, 0.05) is 7.05 Å². The zero-order chi connectivity index (χ0) is 13.7. The van der Waals surface area contributed by atoms with Crippen molar-refractivity contribution >= 4 is 12.3 Å². The zero-order valence-electron chi connectivity index (χ0n) is 10.4. The number of aldehydes is 1. The Balaban J connectivity index is 3.46. The fraction of sp³-hybridized carbons (Fsp3) is 0.455. The van der Waals surface area contributed by atoms with Crippen LogP contribution in [0.2, 0.25) is 0 Å². The lowest BCUT2D eigenvalue weighted by atomic mass is 10.3. The molecule has 0 saturated carbocycles. The first-order chi connectivity index (χ1) is 8.56. The molecule has 1 aromatic rings. The fourth-order valence-electron chi connectivity index (χ4n) is 1.32. The van der Waals surface area contributed by atoms with E-state index in [1.54, 1.807) is 13.8 Å². The minimum Gasteiger partial charge on any atom is -0.486 e. The topological polar surface area (TPSA) is 87.5 Å². The third-order valence-electron chi connectivity index (χ3n) is 2.15. The van der Waals surface area contributed by atoms with E-state index in [-0.39, 0.29) is 30.5 Å². The molecule has 0 fully saturated rings. The van der Waals surface area contributed by atoms with Crippen LogP contribution < -0.4 is 10.3 Å². The minimum atomic E-state index is -0.790. The van der Waals surface area contributed by atoms with Crippen molar-refractivity contribution in [2.24, 2.45) is 7.05 Å². The second-order valence-electron chi connectivity index (χ2n) is 3.28. The molecule has 98 valence electrons. The average Bonchev–Trinajstić information content (AvgIpc) is 2.36. The van der Waals surface area contributed by atoms with Crippen LogP contribution in [-0.4, -0.2) is 35.0 Å². The Bertz CT molecular complexity index is 521. The van der Waals surface area contributed by atoms with Gasteiger partial charge in [0.05, 0.1) is 13.2 Å². The van der Waals surface area contributed by atoms with Crippen molar-refractivity contribution in [3.05, 3.63) is 21.9 Å². The normalized spacial score (nSPS) is 9.94. The summed E-state index contributed by atoms with van der Waals surface area (Å²) in [5.41, 5.74) is -0.874. The molecule has 1 heterocycles. The predicted octanol–water partition coefficient (Wildman–Crippen LogP) is 0.168. The van der Waals surface area contributed by atoms with Gasteiger partial charge in [-0.15, -0.1) is 0 Å². The van der Waals surface area contributed by atoms with Crippen molar-refractivity contribution in [2.45, 2.75) is 13.8 Å². The molecule has 7 heteroatoms. The lowest BCUT2D eigenvalue weighted by Crippen LogP contribution is -2.28. The summed E-state index contributed by atoms with van der Waals surface area (Å²) in [5, 5.41) is 0. The number of carbonyl (C=O) groups excluding carboxylic acids is 2. The Kier molecular flexibility index (Phi) is 4.59. The number of carbonyl (C=O) groups is 2. The highest BCUT2D eigenvalue weighted by molar-refractivity contribution is 5.90. The van der Waals surface area contributed by atoms with Crippen molar-refractivity contribution in [1.29, 1.82) is 0 Å². The molecule has 0 aliphatic heterocycles. The summed E-state index contributed by atoms with van der Waals surface area (Å²) >= 11 is 0. The van der Waals surface area contributed by atoms with Crippen molar-refractivity contribution in [3.8, 4) is 5.75 Å². The van der Waals surface area contributed by atoms with Crippen molar-refractivity contribution < 1.29 is 19.1 Å². The van der Waals surface area contributed by atoms with E-state index in [9.17, 15) is 14.4 Å². The summed E-state index contributed by atoms with van der Waals surface area (Å²) in [6.45, 7) is 3.63. The number of aromatic nitrogens is 2. The van der Waals surface area contributed by atoms with Crippen LogP contribution in [0.3, 0.4) is 0 Å². The average molecular weight is 254 g/mol. The van der Waals surface area contributed by atoms with E-state index in [0.29, 0.717) is 6.29 Å². The monoisotopic (exact) mass is 254 g/mol. The van der Waals surface area contributed by atoms with Crippen LogP contribution in [0.4, 0.5) is 0 Å². The minimum absolute atomic E-state index is 0.137. The van der Waals surface area contributed by atoms with Crippen molar-refractivity contribution in [3.63, 3.8) is 0 Å². The standard InChI is InChI=1S/C11H14N2O5/c1-4-17-9-8(11(16)18-5-2)12-7(6-14)13(3)10(9)15/h6H,4-5H2,1-3H3. The van der Waals surface area contributed by atoms with Gasteiger partial charge in [-0.05, 0) is 13.8 Å². The molecule has 7 nitrogen and oxygen atoms in total. The number of hydrogen-bond acceptors (Lipinski definition) is 6. The summed E-state index contributed by atoms with van der Waals surface area (Å²) in [6.07, 6.45) is 0.389. The molecule has 0 N–H and O–H groups in total. The van der Waals surface area contributed by atoms with Gasteiger partial charge < -0.3 is 9.47 Å². The van der Waals surface area contributed by atoms with Crippen molar-refractivity contribution in [2.75, 3.05) is 13.2 Å². The molecule has 18 heavy (non-hydrogen) atoms. The second kappa shape index (κ2) is 5.95. The molecule has 1 rings (SSSR count). The summed E-state index contributed by atoms with van der Waals surface area (Å²) in [6, 6.07) is 0. The molecular weight excluding hydrogens is 240 g/mol. The van der Waals surface area contributed by atoms with Crippen LogP contribution in [0.15, 0.2) is 4.79 Å². The Hall–Kier alpha value is -2.18. The van der Waals surface area contributed by atoms with Crippen LogP contribution in [-0.2, 0) is 11.8 Å². The van der Waals surface area contributed by atoms with Gasteiger partial charge in [-0.25, -0.2) is 9.78 Å². The first kappa shape index (κ1) is 13.9. The van der Waals surface area contributed by atoms with Crippen LogP contribution in [0.25, 0.3) is 0 Å². The van der Waals surface area contributed by atoms with Gasteiger partial charge in [0.2, 0.25) is 5.75 Å². The third kappa shape index (κ3) is 2.55. The Morgan fingerprint density at radius 1 is 1.39 bits per heavy atom. The van der Waals surface area contributed by atoms with E-state index in [1.807, 2.05) is 0 Å². The van der Waals surface area contributed by atoms with E-state index in [1.165, 1.54) is 7.05 Å². The SMILES string of the molecule is CCOC(=O)c1nc(C=O)n(C)c(=O)c1OCC. The summed E-state index contributed by atoms with van der Waals surface area (Å²) < 4.78 is 10.9. The van der Waals surface area contributed by atoms with Gasteiger partial charge >= 0.3 is 5.97 Å². The molecule has 0 atom stereocenters. The lowest BCUT2D eigenvalue weighted by Gasteiger charge is -2.10. The lowest BCUT2D eigenvalue weighted by molar-refractivity contribution is 0.0513. The van der Waals surface area contributed by atoms with E-state index >= 15 is 0 Å². The first-order valence-corrected chi connectivity index (χ1v) is 5.42. The van der Waals surface area contributed by atoms with Crippen LogP contribution in [0.1, 0.15) is 35.0 Å². The Morgan fingerprint density at radius 2 is 2.06 bits per heavy atom. The van der Waals surface area contributed by atoms with Crippen LogP contribution in [0.5, 0.6) is 5.75 Å². The molecule has 0 aliphatic rings. The molecule has 0 saturated heterocycles. The van der Waals surface area contributed by atoms with Crippen LogP contribution in [0, 0.1) is 0 Å². The van der Waals surface area contributed by atoms with Gasteiger partial charge in [-0.1, -0.05) is 0 Å². The van der Waals surface area contributed by atoms with Crippen LogP contribution >= 0.6 is 0 Å². The summed E-state index contributed by atoms with van der Waals surface area (Å²) in [7, 11) is 1.37. The van der Waals surface area contributed by atoms with Crippen molar-refractivity contribution in [1.82, 2.24) is 9.55 Å². The largest absolute Gasteiger partial charge is 0.486 e. The molecule has 0 unspecified atom stereocenters. The smallest absolute Gasteiger partial charge is 0.361 e. The number of rotatable bonds is 5. The fourth-order valence-corrected chi connectivity index (χ4v) is 1.32. The quantitative estimate of drug-likeness (QED) is 0.549. The Morgan fingerprint density at radius 3 is 2.56 bits per heavy atom. The van der Waals surface area contributed by atoms with Gasteiger partial charge in [0.15, 0.2) is 17.8 Å². The number of ether oxygens (including phenoxy) is 2. The first-order valence-electron chi connectivity index (χ1n) is 5.42. The molecule has 0 aliphatic carbocycles. The maximum absolute atomic E-state index is 11.9. The highest BCUT2D eigenvalue weighted by Crippen LogP contribution is 2.12. The number of esters is 1. The maximum Gasteiger partial charge on any atom is 0.361 e. The van der Waals surface area contributed by atoms with E-state index in [4.69, 9.17) is 9.47 Å². The molecule has 0 amide bonds. The van der Waals surface area contributed by atoms with Gasteiger partial charge in [0.1, 0.15) is 0 Å². The summed E-state index contributed by atoms with van der Waals surface area (Å²) in [5.74, 6) is -1.16. The maximum atomic E-state index is 11.9. The zero-order valence-corrected chi connectivity index (χ0v) is 10.4. The number of hydrogen-bond donors (Lipinski definition) is 0. The predicted molar refractivity (Wildman–Crippen MR) is 62.0 cm³/mol. The van der Waals surface area contributed by atoms with Gasteiger partial charge in [-0.2, -0.15) is 0 Å². The van der Waals surface area contributed by atoms with E-state index < -0.39 is 11.5 Å². The third-order valence-corrected chi connectivity index (χ3v) is 2.15. The van der Waals surface area contributed by atoms with E-state index in [2.05, 4.69) is 4.98 Å². The second-order valence-corrected chi connectivity index (χ2v) is 3.28. The van der Waals surface area contributed by atoms with Gasteiger partial charge in [-0.3, -0.25) is 14.2 Å². The molecule has 0 bridgehead atoms. The molecular formula is C11H14N2O5. The van der Waals surface area contributed by atoms with Gasteiger partial charge in [0.25, 0.3) is 5.56 Å². The molecule has 1 aromatic heterocycles. The highest BCUT2D eigenvalue weighted by atomic mass is 16.5. The summed E-state index contributed by atoms with van der Waals surface area (Å²) in [4.78, 5) is 38.1. The highest BCUT2D eigenvalue weighted by Gasteiger charge is 2.22. The molecule has 0 spiro atoms.